The quantitative estimate of drug-likeness (QED) is 0.0945. The molecule has 6 heterocycles. The fraction of sp³-hybridized carbons (Fsp3) is 0.529. The third-order valence-electron chi connectivity index (χ3n) is 14.6. The summed E-state index contributed by atoms with van der Waals surface area (Å²) in [5.41, 5.74) is 6.85. The van der Waals surface area contributed by atoms with Crippen molar-refractivity contribution in [2.75, 3.05) is 50.2 Å². The molecule has 0 saturated carbocycles. The summed E-state index contributed by atoms with van der Waals surface area (Å²) in [7, 11) is 2.58. The van der Waals surface area contributed by atoms with Crippen LogP contribution in [0.5, 0.6) is 0 Å². The van der Waals surface area contributed by atoms with Gasteiger partial charge < -0.3 is 49.7 Å². The molecule has 0 spiro atoms. The number of fused-ring (bicyclic) bond motifs is 2. The largest absolute Gasteiger partial charge is 0.453 e. The minimum absolute atomic E-state index is 0.101. The van der Waals surface area contributed by atoms with Gasteiger partial charge in [0.1, 0.15) is 29.5 Å². The zero-order valence-electron chi connectivity index (χ0n) is 40.0. The van der Waals surface area contributed by atoms with Crippen LogP contribution in [0.3, 0.4) is 0 Å². The number of ether oxygens (including phenoxy) is 2. The Morgan fingerprint density at radius 3 is 1.54 bits per heavy atom. The van der Waals surface area contributed by atoms with Crippen molar-refractivity contribution >= 4 is 57.4 Å². The molecule has 362 valence electrons. The van der Waals surface area contributed by atoms with Crippen LogP contribution in [0.4, 0.5) is 25.4 Å². The minimum Gasteiger partial charge on any atom is -0.453 e. The van der Waals surface area contributed by atoms with E-state index in [0.29, 0.717) is 30.4 Å². The molecule has 6 atom stereocenters. The number of hydrogen-bond donors (Lipinski definition) is 4. The summed E-state index contributed by atoms with van der Waals surface area (Å²) in [4.78, 5) is 77.5. The highest BCUT2D eigenvalue weighted by Crippen LogP contribution is 2.48. The number of rotatable bonds is 12. The Labute approximate surface area is 396 Å². The van der Waals surface area contributed by atoms with Crippen molar-refractivity contribution in [1.29, 1.82) is 0 Å². The first-order valence-electron chi connectivity index (χ1n) is 24.4. The number of carbonyl (C=O) groups excluding carboxylic acids is 4. The van der Waals surface area contributed by atoms with Crippen LogP contribution < -0.4 is 20.4 Å². The zero-order valence-corrected chi connectivity index (χ0v) is 40.0. The Balaban J connectivity index is 1.02. The summed E-state index contributed by atoms with van der Waals surface area (Å²) in [6.07, 6.45) is 6.70. The Morgan fingerprint density at radius 1 is 0.618 bits per heavy atom. The van der Waals surface area contributed by atoms with E-state index < -0.39 is 24.3 Å². The lowest BCUT2D eigenvalue weighted by Crippen LogP contribution is -2.51. The first-order chi connectivity index (χ1) is 32.8. The van der Waals surface area contributed by atoms with E-state index in [2.05, 4.69) is 60.7 Å². The summed E-state index contributed by atoms with van der Waals surface area (Å²) in [6.45, 7) is 10.4. The third-order valence-corrected chi connectivity index (χ3v) is 14.6. The number of anilines is 2. The Hall–Kier alpha value is -6.39. The van der Waals surface area contributed by atoms with Gasteiger partial charge in [0.15, 0.2) is 0 Å². The topological polar surface area (TPSA) is 181 Å². The molecule has 0 aliphatic carbocycles. The van der Waals surface area contributed by atoms with Crippen molar-refractivity contribution in [3.63, 3.8) is 0 Å². The molecule has 0 radical (unpaired) electrons. The summed E-state index contributed by atoms with van der Waals surface area (Å²) in [5, 5.41) is 5.46. The number of imidazole rings is 2. The van der Waals surface area contributed by atoms with Crippen LogP contribution in [0.1, 0.15) is 132 Å². The number of aromatic amines is 2. The molecule has 4 N–H and O–H groups in total. The molecule has 68 heavy (non-hydrogen) atoms. The molecule has 4 aliphatic heterocycles. The molecule has 3 aromatic carbocycles. The average molecular weight is 933 g/mol. The molecule has 17 heteroatoms. The molecule has 16 nitrogen and oxygen atoms in total. The number of methoxy groups -OCH3 is 2. The maximum absolute atomic E-state index is 16.4. The van der Waals surface area contributed by atoms with Gasteiger partial charge in [-0.3, -0.25) is 9.59 Å². The number of aromatic nitrogens is 4. The van der Waals surface area contributed by atoms with Crippen LogP contribution in [0.25, 0.3) is 22.1 Å². The van der Waals surface area contributed by atoms with Gasteiger partial charge in [0.25, 0.3) is 0 Å². The number of amides is 4. The van der Waals surface area contributed by atoms with Gasteiger partial charge in [-0.15, -0.1) is 0 Å². The molecule has 4 amide bonds. The fourth-order valence-corrected chi connectivity index (χ4v) is 11.1. The van der Waals surface area contributed by atoms with Gasteiger partial charge in [-0.05, 0) is 123 Å². The number of piperidine rings is 1. The SMILES string of the molecule is COC(=O)NC(C(=O)N1CCC[C@H]1c1nc2ccc([C@H]3CC[C@H](c4ccc5nc([C@@H]6CCCN6C(=O)[C@@H](NC(=O)OC)C(C)C)[nH]c5c4)N3c3ccc(N4CCCCC4)c(F)c3)cc2[nH]1)C(C)C. The van der Waals surface area contributed by atoms with Crippen molar-refractivity contribution in [3.8, 4) is 0 Å². The Morgan fingerprint density at radius 2 is 1.10 bits per heavy atom. The second-order valence-corrected chi connectivity index (χ2v) is 19.6. The van der Waals surface area contributed by atoms with Crippen LogP contribution in [-0.4, -0.2) is 106 Å². The van der Waals surface area contributed by atoms with Crippen LogP contribution >= 0.6 is 0 Å². The van der Waals surface area contributed by atoms with E-state index in [4.69, 9.17) is 19.4 Å². The minimum atomic E-state index is -0.732. The second kappa shape index (κ2) is 19.7. The maximum Gasteiger partial charge on any atom is 0.407 e. The van der Waals surface area contributed by atoms with Crippen LogP contribution in [0.2, 0.25) is 0 Å². The molecule has 1 unspecified atom stereocenters. The molecule has 9 rings (SSSR count). The fourth-order valence-electron chi connectivity index (χ4n) is 11.1. The number of likely N-dealkylation sites (tertiary alicyclic amines) is 2. The summed E-state index contributed by atoms with van der Waals surface area (Å²) in [5.74, 6) is 0.565. The van der Waals surface area contributed by atoms with E-state index >= 15 is 4.39 Å². The van der Waals surface area contributed by atoms with Gasteiger partial charge in [-0.25, -0.2) is 23.9 Å². The molecule has 4 aliphatic rings. The van der Waals surface area contributed by atoms with Gasteiger partial charge in [-0.2, -0.15) is 0 Å². The molecule has 4 fully saturated rings. The van der Waals surface area contributed by atoms with Crippen LogP contribution in [0, 0.1) is 17.7 Å². The number of carbonyl (C=O) groups is 4. The van der Waals surface area contributed by atoms with E-state index in [1.54, 1.807) is 6.07 Å². The highest BCUT2D eigenvalue weighted by atomic mass is 19.1. The van der Waals surface area contributed by atoms with Gasteiger partial charge in [0.2, 0.25) is 11.8 Å². The summed E-state index contributed by atoms with van der Waals surface area (Å²) in [6, 6.07) is 16.1. The highest BCUT2D eigenvalue weighted by Gasteiger charge is 2.41. The lowest BCUT2D eigenvalue weighted by atomic mass is 10.0. The molecule has 5 aromatic rings. The van der Waals surface area contributed by atoms with Crippen molar-refractivity contribution < 1.29 is 33.0 Å². The molecule has 0 bridgehead atoms. The molecule has 4 saturated heterocycles. The zero-order chi connectivity index (χ0) is 47.8. The standard InChI is InChI=1S/C51H65FN10O6/c1-29(2)44(57-50(65)67-5)48(63)60-24-10-12-42(60)46-53-35-17-14-31(26-37(35)55-46)39-20-21-40(62(39)33-16-19-41(34(52)28-33)59-22-8-7-9-23-59)32-15-18-36-38(27-32)56-47(54-36)43-13-11-25-61(43)49(64)45(30(3)4)58-51(66)68-6/h14-19,26-30,39-40,42-45H,7-13,20-25H2,1-6H3,(H,53,55)(H,54,56)(H,57,65)(H,58,66)/t39-,40-,42+,43+,44+,45?/m1/s1. The number of H-pyrrole nitrogens is 2. The summed E-state index contributed by atoms with van der Waals surface area (Å²) < 4.78 is 26.0. The number of hydrogen-bond acceptors (Lipinski definition) is 10. The van der Waals surface area contributed by atoms with E-state index in [0.717, 1.165) is 110 Å². The Kier molecular flexibility index (Phi) is 13.5. The number of alkyl carbamates (subject to hydrolysis) is 2. The van der Waals surface area contributed by atoms with E-state index in [-0.39, 0.29) is 53.6 Å². The smallest absolute Gasteiger partial charge is 0.407 e. The number of halogens is 1. The van der Waals surface area contributed by atoms with Crippen molar-refractivity contribution in [2.24, 2.45) is 11.8 Å². The molecule has 2 aromatic heterocycles. The predicted molar refractivity (Wildman–Crippen MR) is 258 cm³/mol. The normalized spacial score (nSPS) is 21.8. The van der Waals surface area contributed by atoms with Gasteiger partial charge >= 0.3 is 12.2 Å². The van der Waals surface area contributed by atoms with Crippen LogP contribution in [-0.2, 0) is 19.1 Å². The number of nitrogens with one attached hydrogen (secondary N) is 4. The second-order valence-electron chi connectivity index (χ2n) is 19.6. The van der Waals surface area contributed by atoms with E-state index in [1.807, 2.05) is 55.7 Å². The maximum atomic E-state index is 16.4. The lowest BCUT2D eigenvalue weighted by Gasteiger charge is -2.34. The highest BCUT2D eigenvalue weighted by molar-refractivity contribution is 5.88. The van der Waals surface area contributed by atoms with Crippen molar-refractivity contribution in [1.82, 2.24) is 40.4 Å². The van der Waals surface area contributed by atoms with Gasteiger partial charge in [0, 0.05) is 31.9 Å². The first-order valence-corrected chi connectivity index (χ1v) is 24.4. The third kappa shape index (κ3) is 9.15. The average Bonchev–Trinajstić information content (AvgIpc) is 4.20. The van der Waals surface area contributed by atoms with E-state index in [9.17, 15) is 19.2 Å². The first kappa shape index (κ1) is 46.7. The lowest BCUT2D eigenvalue weighted by molar-refractivity contribution is -0.136. The predicted octanol–water partition coefficient (Wildman–Crippen LogP) is 8.74. The Bertz CT molecular complexity index is 2510. The number of benzene rings is 3. The monoisotopic (exact) mass is 933 g/mol. The van der Waals surface area contributed by atoms with E-state index in [1.165, 1.54) is 14.2 Å². The molecular weight excluding hydrogens is 868 g/mol. The molecular formula is C51H65FN10O6. The van der Waals surface area contributed by atoms with Crippen molar-refractivity contribution in [3.05, 3.63) is 83.2 Å². The van der Waals surface area contributed by atoms with Gasteiger partial charge in [-0.1, -0.05) is 39.8 Å². The van der Waals surface area contributed by atoms with Crippen molar-refractivity contribution in [2.45, 2.75) is 122 Å². The summed E-state index contributed by atoms with van der Waals surface area (Å²) >= 11 is 0. The van der Waals surface area contributed by atoms with Crippen LogP contribution in [0.15, 0.2) is 54.6 Å². The van der Waals surface area contributed by atoms with Gasteiger partial charge in [0.05, 0.1) is 66.1 Å². The number of nitrogens with zero attached hydrogens (tertiary/aromatic N) is 6.